The van der Waals surface area contributed by atoms with Crippen LogP contribution < -0.4 is 5.32 Å². The van der Waals surface area contributed by atoms with E-state index in [4.69, 9.17) is 4.74 Å². The van der Waals surface area contributed by atoms with Gasteiger partial charge < -0.3 is 15.0 Å². The molecule has 1 unspecified atom stereocenters. The van der Waals surface area contributed by atoms with E-state index in [0.29, 0.717) is 57.1 Å². The summed E-state index contributed by atoms with van der Waals surface area (Å²) < 4.78 is 32.7. The molecule has 1 aliphatic heterocycles. The molecule has 0 aromatic heterocycles. The van der Waals surface area contributed by atoms with Gasteiger partial charge in [-0.3, -0.25) is 9.69 Å². The number of nitrogens with zero attached hydrogens (tertiary/aromatic N) is 3. The lowest BCUT2D eigenvalue weighted by Crippen LogP contribution is -2.44. The first-order valence-corrected chi connectivity index (χ1v) is 13.5. The number of benzene rings is 1. The van der Waals surface area contributed by atoms with Crippen LogP contribution in [-0.4, -0.2) is 86.4 Å². The molecule has 0 aliphatic carbocycles. The minimum atomic E-state index is -3.64. The molecule has 2 rings (SSSR count). The Hall–Kier alpha value is -2.17. The van der Waals surface area contributed by atoms with Crippen molar-refractivity contribution in [3.8, 4) is 0 Å². The van der Waals surface area contributed by atoms with Gasteiger partial charge in [0, 0.05) is 45.0 Å². The van der Waals surface area contributed by atoms with Gasteiger partial charge in [-0.15, -0.1) is 0 Å². The summed E-state index contributed by atoms with van der Waals surface area (Å²) in [6.07, 6.45) is 0.430. The molecule has 0 spiro atoms. The minimum Gasteiger partial charge on any atom is -0.449 e. The van der Waals surface area contributed by atoms with Crippen LogP contribution in [0.25, 0.3) is 0 Å². The maximum atomic E-state index is 13.0. The second-order valence-electron chi connectivity index (χ2n) is 9.08. The van der Waals surface area contributed by atoms with E-state index >= 15 is 0 Å². The molecule has 9 nitrogen and oxygen atoms in total. The smallest absolute Gasteiger partial charge is 0.409 e. The van der Waals surface area contributed by atoms with Crippen molar-refractivity contribution >= 4 is 27.7 Å². The molecule has 1 atom stereocenters. The molecule has 34 heavy (non-hydrogen) atoms. The first-order chi connectivity index (χ1) is 16.0. The second-order valence-corrected chi connectivity index (χ2v) is 11.0. The van der Waals surface area contributed by atoms with Crippen molar-refractivity contribution in [1.82, 2.24) is 14.1 Å². The van der Waals surface area contributed by atoms with E-state index in [-0.39, 0.29) is 22.8 Å². The normalized spacial score (nSPS) is 16.4. The zero-order valence-electron chi connectivity index (χ0n) is 21.3. The Morgan fingerprint density at radius 2 is 1.76 bits per heavy atom. The highest BCUT2D eigenvalue weighted by atomic mass is 32.2. The van der Waals surface area contributed by atoms with E-state index < -0.39 is 16.1 Å². The van der Waals surface area contributed by atoms with Crippen LogP contribution >= 0.6 is 0 Å². The van der Waals surface area contributed by atoms with Crippen molar-refractivity contribution in [3.63, 3.8) is 0 Å². The van der Waals surface area contributed by atoms with Crippen molar-refractivity contribution in [2.75, 3.05) is 51.2 Å². The maximum Gasteiger partial charge on any atom is 0.409 e. The van der Waals surface area contributed by atoms with Gasteiger partial charge in [-0.2, -0.15) is 4.31 Å². The molecule has 0 saturated carbocycles. The summed E-state index contributed by atoms with van der Waals surface area (Å²) in [5.41, 5.74) is 1.08. The van der Waals surface area contributed by atoms with Gasteiger partial charge in [0.2, 0.25) is 15.9 Å². The molecule has 1 N–H and O–H groups in total. The Bertz CT molecular complexity index is 947. The van der Waals surface area contributed by atoms with E-state index in [0.717, 1.165) is 6.42 Å². The molecular weight excluding hydrogens is 456 g/mol. The third-order valence-electron chi connectivity index (χ3n) is 6.03. The SMILES string of the molecule is CCN(CC)S(=O)(=O)c1cc(NC(=O)C(C)N2CCCN(C(=O)OCC(C)C)CC2)ccc1C. The molecule has 192 valence electrons. The van der Waals surface area contributed by atoms with Gasteiger partial charge in [0.05, 0.1) is 17.5 Å². The summed E-state index contributed by atoms with van der Waals surface area (Å²) in [5.74, 6) is 0.0614. The predicted octanol–water partition coefficient (Wildman–Crippen LogP) is 3.15. The zero-order valence-corrected chi connectivity index (χ0v) is 22.2. The number of ether oxygens (including phenoxy) is 1. The fourth-order valence-corrected chi connectivity index (χ4v) is 5.62. The Balaban J connectivity index is 2.05. The van der Waals surface area contributed by atoms with Crippen molar-refractivity contribution in [2.24, 2.45) is 5.92 Å². The second kappa shape index (κ2) is 12.5. The van der Waals surface area contributed by atoms with Crippen molar-refractivity contribution < 1.29 is 22.7 Å². The summed E-state index contributed by atoms with van der Waals surface area (Å²) in [6, 6.07) is 4.53. The van der Waals surface area contributed by atoms with Gasteiger partial charge in [0.15, 0.2) is 0 Å². The van der Waals surface area contributed by atoms with Crippen LogP contribution in [0.4, 0.5) is 10.5 Å². The molecule has 0 radical (unpaired) electrons. The van der Waals surface area contributed by atoms with Gasteiger partial charge in [-0.1, -0.05) is 33.8 Å². The molecule has 1 heterocycles. The highest BCUT2D eigenvalue weighted by Gasteiger charge is 2.28. The molecule has 1 fully saturated rings. The fraction of sp³-hybridized carbons (Fsp3) is 0.667. The van der Waals surface area contributed by atoms with Crippen molar-refractivity contribution in [2.45, 2.75) is 58.9 Å². The predicted molar refractivity (Wildman–Crippen MR) is 133 cm³/mol. The van der Waals surface area contributed by atoms with Gasteiger partial charge >= 0.3 is 6.09 Å². The molecule has 1 saturated heterocycles. The molecule has 1 aliphatic rings. The van der Waals surface area contributed by atoms with Crippen LogP contribution in [0.3, 0.4) is 0 Å². The molecular formula is C24H40N4O5S. The molecule has 0 bridgehead atoms. The Kier molecular flexibility index (Phi) is 10.3. The van der Waals surface area contributed by atoms with Crippen LogP contribution in [-0.2, 0) is 19.6 Å². The molecule has 1 aromatic carbocycles. The number of aryl methyl sites for hydroxylation is 1. The number of carbonyl (C=O) groups is 2. The standard InChI is InChI=1S/C24H40N4O5S/c1-7-28(8-2)34(31,32)22-16-21(11-10-19(22)5)25-23(29)20(6)26-12-9-13-27(15-14-26)24(30)33-17-18(3)4/h10-11,16,18,20H,7-9,12-15,17H2,1-6H3,(H,25,29). The summed E-state index contributed by atoms with van der Waals surface area (Å²) in [4.78, 5) is 29.2. The number of carbonyl (C=O) groups excluding carboxylic acids is 2. The summed E-state index contributed by atoms with van der Waals surface area (Å²) in [6.45, 7) is 14.6. The number of sulfonamides is 1. The average Bonchev–Trinajstić information content (AvgIpc) is 3.05. The zero-order chi connectivity index (χ0) is 25.5. The van der Waals surface area contributed by atoms with Crippen molar-refractivity contribution in [1.29, 1.82) is 0 Å². The van der Waals surface area contributed by atoms with E-state index in [1.54, 1.807) is 37.8 Å². The quantitative estimate of drug-likeness (QED) is 0.564. The Morgan fingerprint density at radius 3 is 2.38 bits per heavy atom. The van der Waals surface area contributed by atoms with E-state index in [2.05, 4.69) is 5.32 Å². The average molecular weight is 497 g/mol. The Morgan fingerprint density at radius 1 is 1.09 bits per heavy atom. The van der Waals surface area contributed by atoms with Gasteiger partial charge in [0.25, 0.3) is 0 Å². The molecule has 1 aromatic rings. The highest BCUT2D eigenvalue weighted by Crippen LogP contribution is 2.24. The lowest BCUT2D eigenvalue weighted by atomic mass is 10.2. The Labute approximate surface area is 204 Å². The molecule has 2 amide bonds. The lowest BCUT2D eigenvalue weighted by molar-refractivity contribution is -0.120. The maximum absolute atomic E-state index is 13.0. The summed E-state index contributed by atoms with van der Waals surface area (Å²) >= 11 is 0. The third kappa shape index (κ3) is 7.16. The van der Waals surface area contributed by atoms with Crippen LogP contribution in [0, 0.1) is 12.8 Å². The number of rotatable bonds is 9. The van der Waals surface area contributed by atoms with Gasteiger partial charge in [-0.05, 0) is 43.9 Å². The van der Waals surface area contributed by atoms with Gasteiger partial charge in [0.1, 0.15) is 0 Å². The van der Waals surface area contributed by atoms with Crippen molar-refractivity contribution in [3.05, 3.63) is 23.8 Å². The summed E-state index contributed by atoms with van der Waals surface area (Å²) in [5, 5.41) is 2.87. The monoisotopic (exact) mass is 496 g/mol. The topological polar surface area (TPSA) is 99.3 Å². The van der Waals surface area contributed by atoms with E-state index in [9.17, 15) is 18.0 Å². The lowest BCUT2D eigenvalue weighted by Gasteiger charge is -2.27. The molecule has 10 heteroatoms. The van der Waals surface area contributed by atoms with E-state index in [1.165, 1.54) is 10.4 Å². The largest absolute Gasteiger partial charge is 0.449 e. The number of hydrogen-bond donors (Lipinski definition) is 1. The van der Waals surface area contributed by atoms with Gasteiger partial charge in [-0.25, -0.2) is 13.2 Å². The number of hydrogen-bond acceptors (Lipinski definition) is 6. The number of anilines is 1. The van der Waals surface area contributed by atoms with Crippen LogP contribution in [0.2, 0.25) is 0 Å². The number of nitrogens with one attached hydrogen (secondary N) is 1. The van der Waals surface area contributed by atoms with Crippen LogP contribution in [0.15, 0.2) is 23.1 Å². The van der Waals surface area contributed by atoms with Crippen LogP contribution in [0.5, 0.6) is 0 Å². The minimum absolute atomic E-state index is 0.201. The highest BCUT2D eigenvalue weighted by molar-refractivity contribution is 7.89. The van der Waals surface area contributed by atoms with E-state index in [1.807, 2.05) is 25.7 Å². The summed E-state index contributed by atoms with van der Waals surface area (Å²) in [7, 11) is -3.64. The first-order valence-electron chi connectivity index (χ1n) is 12.1. The fourth-order valence-electron chi connectivity index (χ4n) is 3.91. The number of amides is 2. The van der Waals surface area contributed by atoms with Crippen LogP contribution in [0.1, 0.15) is 46.6 Å². The third-order valence-corrected chi connectivity index (χ3v) is 8.23. The first kappa shape index (κ1) is 28.1.